The summed E-state index contributed by atoms with van der Waals surface area (Å²) in [7, 11) is 0. The summed E-state index contributed by atoms with van der Waals surface area (Å²) in [6.45, 7) is 2.73. The van der Waals surface area contributed by atoms with E-state index in [2.05, 4.69) is 0 Å². The van der Waals surface area contributed by atoms with Crippen LogP contribution >= 0.6 is 0 Å². The Morgan fingerprint density at radius 3 is 2.14 bits per heavy atom. The van der Waals surface area contributed by atoms with Gasteiger partial charge in [0.25, 0.3) is 0 Å². The lowest BCUT2D eigenvalue weighted by molar-refractivity contribution is -0.234. The minimum absolute atomic E-state index is 0.0406. The van der Waals surface area contributed by atoms with Crippen molar-refractivity contribution in [1.29, 1.82) is 0 Å². The number of alkyl halides is 1. The molecule has 2 unspecified atom stereocenters. The third kappa shape index (κ3) is 2.06. The van der Waals surface area contributed by atoms with Crippen molar-refractivity contribution in [2.24, 2.45) is 5.92 Å². The van der Waals surface area contributed by atoms with E-state index in [0.717, 1.165) is 0 Å². The van der Waals surface area contributed by atoms with Gasteiger partial charge in [0.05, 0.1) is 6.10 Å². The number of aliphatic hydroxyl groups excluding tert-OH is 3. The van der Waals surface area contributed by atoms with E-state index in [-0.39, 0.29) is 5.92 Å². The fourth-order valence-corrected chi connectivity index (χ4v) is 1.66. The molecule has 1 fully saturated rings. The SMILES string of the molecule is CC(C)[C@@H]1OC(C[18F])[C@@H](O)[C@H](O)C1O. The Labute approximate surface area is 82.3 Å². The molecule has 0 amide bonds. The molecule has 0 bridgehead atoms. The summed E-state index contributed by atoms with van der Waals surface area (Å²) in [6.07, 6.45) is -5.52. The molecule has 1 aliphatic heterocycles. The van der Waals surface area contributed by atoms with Crippen LogP contribution in [0.15, 0.2) is 0 Å². The van der Waals surface area contributed by atoms with Crippen LogP contribution in [0.3, 0.4) is 0 Å². The second kappa shape index (κ2) is 4.53. The highest BCUT2D eigenvalue weighted by Gasteiger charge is 2.44. The molecule has 3 N–H and O–H groups in total. The number of hydrogen-bond acceptors (Lipinski definition) is 4. The van der Waals surface area contributed by atoms with E-state index in [1.54, 1.807) is 13.8 Å². The molecular weight excluding hydrogens is 190 g/mol. The van der Waals surface area contributed by atoms with Crippen molar-refractivity contribution in [1.82, 2.24) is 0 Å². The average molecular weight is 207 g/mol. The van der Waals surface area contributed by atoms with Gasteiger partial charge in [0, 0.05) is 0 Å². The van der Waals surface area contributed by atoms with E-state index in [9.17, 15) is 19.7 Å². The first-order valence-corrected chi connectivity index (χ1v) is 4.74. The smallest absolute Gasteiger partial charge is 0.118 e. The molecular formula is C9H17FO4. The number of rotatable bonds is 2. The summed E-state index contributed by atoms with van der Waals surface area (Å²) in [4.78, 5) is 0. The predicted octanol–water partition coefficient (Wildman–Crippen LogP) is -0.538. The molecule has 0 radical (unpaired) electrons. The number of hydrogen-bond donors (Lipinski definition) is 3. The molecule has 0 aromatic heterocycles. The quantitative estimate of drug-likeness (QED) is 0.569. The molecule has 0 saturated carbocycles. The average Bonchev–Trinajstić information content (AvgIpc) is 2.14. The van der Waals surface area contributed by atoms with Gasteiger partial charge in [0.1, 0.15) is 31.1 Å². The van der Waals surface area contributed by atoms with Crippen molar-refractivity contribution in [3.05, 3.63) is 0 Å². The second-order valence-corrected chi connectivity index (χ2v) is 4.01. The van der Waals surface area contributed by atoms with Crippen molar-refractivity contribution in [2.75, 3.05) is 6.67 Å². The second-order valence-electron chi connectivity index (χ2n) is 4.01. The van der Waals surface area contributed by atoms with Gasteiger partial charge in [-0.15, -0.1) is 0 Å². The summed E-state index contributed by atoms with van der Waals surface area (Å²) in [5.41, 5.74) is 0. The van der Waals surface area contributed by atoms with E-state index in [1.165, 1.54) is 0 Å². The highest BCUT2D eigenvalue weighted by atomic mass is 18.2. The van der Waals surface area contributed by atoms with Crippen molar-refractivity contribution in [3.63, 3.8) is 0 Å². The Hall–Kier alpha value is -0.230. The maximum Gasteiger partial charge on any atom is 0.118 e. The van der Waals surface area contributed by atoms with Gasteiger partial charge >= 0.3 is 0 Å². The van der Waals surface area contributed by atoms with E-state index >= 15 is 0 Å². The molecule has 14 heavy (non-hydrogen) atoms. The lowest BCUT2D eigenvalue weighted by Gasteiger charge is -2.41. The molecule has 0 aromatic carbocycles. The summed E-state index contributed by atoms with van der Waals surface area (Å²) in [5, 5.41) is 28.3. The maximum atomic E-state index is 12.4. The molecule has 0 aromatic rings. The van der Waals surface area contributed by atoms with Crippen LogP contribution in [0, 0.1) is 5.92 Å². The Morgan fingerprint density at radius 1 is 1.14 bits per heavy atom. The van der Waals surface area contributed by atoms with Crippen LogP contribution in [0.1, 0.15) is 13.8 Å². The number of ether oxygens (including phenoxy) is 1. The van der Waals surface area contributed by atoms with Crippen molar-refractivity contribution in [3.8, 4) is 0 Å². The summed E-state index contributed by atoms with van der Waals surface area (Å²) < 4.78 is 17.5. The summed E-state index contributed by atoms with van der Waals surface area (Å²) >= 11 is 0. The molecule has 0 aliphatic carbocycles. The third-order valence-electron chi connectivity index (χ3n) is 2.56. The first-order valence-electron chi connectivity index (χ1n) is 4.74. The largest absolute Gasteiger partial charge is 0.388 e. The zero-order valence-electron chi connectivity index (χ0n) is 8.30. The molecule has 5 heteroatoms. The van der Waals surface area contributed by atoms with Crippen molar-refractivity contribution >= 4 is 0 Å². The minimum Gasteiger partial charge on any atom is -0.388 e. The van der Waals surface area contributed by atoms with Crippen LogP contribution in [0.4, 0.5) is 4.39 Å². The van der Waals surface area contributed by atoms with Gasteiger partial charge in [-0.2, -0.15) is 0 Å². The third-order valence-corrected chi connectivity index (χ3v) is 2.56. The standard InChI is InChI=1S/C9H17FO4/c1-4(2)9-8(13)7(12)6(11)5(3-10)14-9/h4-9,11-13H,3H2,1-2H3/t5?,6-,7+,8?,9+/m1/s1/i10-1. The topological polar surface area (TPSA) is 69.9 Å². The normalized spacial score (nSPS) is 44.4. The number of aliphatic hydroxyl groups is 3. The predicted molar refractivity (Wildman–Crippen MR) is 47.5 cm³/mol. The van der Waals surface area contributed by atoms with Gasteiger partial charge in [0.15, 0.2) is 0 Å². The monoisotopic (exact) mass is 207 g/mol. The van der Waals surface area contributed by atoms with E-state index in [1.807, 2.05) is 0 Å². The van der Waals surface area contributed by atoms with Gasteiger partial charge in [-0.3, -0.25) is 0 Å². The molecule has 5 atom stereocenters. The first-order chi connectivity index (χ1) is 6.49. The highest BCUT2D eigenvalue weighted by Crippen LogP contribution is 2.25. The lowest BCUT2D eigenvalue weighted by Crippen LogP contribution is -2.59. The summed E-state index contributed by atoms with van der Waals surface area (Å²) in [5.74, 6) is -0.0406. The van der Waals surface area contributed by atoms with Crippen molar-refractivity contribution < 1.29 is 24.4 Å². The molecule has 84 valence electrons. The van der Waals surface area contributed by atoms with Gasteiger partial charge in [-0.05, 0) is 5.92 Å². The van der Waals surface area contributed by atoms with Crippen LogP contribution in [-0.4, -0.2) is 52.5 Å². The summed E-state index contributed by atoms with van der Waals surface area (Å²) in [6, 6.07) is 0. The fraction of sp³-hybridized carbons (Fsp3) is 1.00. The number of halogens is 1. The Morgan fingerprint density at radius 2 is 1.71 bits per heavy atom. The minimum atomic E-state index is -1.36. The first kappa shape index (κ1) is 11.8. The van der Waals surface area contributed by atoms with Gasteiger partial charge in [-0.25, -0.2) is 4.39 Å². The van der Waals surface area contributed by atoms with E-state index < -0.39 is 37.2 Å². The molecule has 1 aliphatic rings. The molecule has 4 nitrogen and oxygen atoms in total. The van der Waals surface area contributed by atoms with E-state index in [4.69, 9.17) is 4.74 Å². The van der Waals surface area contributed by atoms with Gasteiger partial charge in [-0.1, -0.05) is 13.8 Å². The molecule has 0 spiro atoms. The van der Waals surface area contributed by atoms with Crippen LogP contribution in [0.2, 0.25) is 0 Å². The van der Waals surface area contributed by atoms with Crippen LogP contribution in [0.25, 0.3) is 0 Å². The zero-order chi connectivity index (χ0) is 10.9. The highest BCUT2D eigenvalue weighted by molar-refractivity contribution is 4.92. The zero-order valence-corrected chi connectivity index (χ0v) is 8.30. The Balaban J connectivity index is 2.73. The fourth-order valence-electron chi connectivity index (χ4n) is 1.66. The lowest BCUT2D eigenvalue weighted by atomic mass is 9.90. The molecule has 1 rings (SSSR count). The van der Waals surface area contributed by atoms with Crippen LogP contribution in [-0.2, 0) is 4.74 Å². The van der Waals surface area contributed by atoms with E-state index in [0.29, 0.717) is 0 Å². The van der Waals surface area contributed by atoms with Gasteiger partial charge < -0.3 is 20.1 Å². The van der Waals surface area contributed by atoms with Crippen molar-refractivity contribution in [2.45, 2.75) is 44.4 Å². The van der Waals surface area contributed by atoms with Crippen LogP contribution < -0.4 is 0 Å². The maximum absolute atomic E-state index is 12.4. The molecule has 1 saturated heterocycles. The Bertz CT molecular complexity index is 186. The van der Waals surface area contributed by atoms with Gasteiger partial charge in [0.2, 0.25) is 0 Å². The Kier molecular flexibility index (Phi) is 3.83. The van der Waals surface area contributed by atoms with Crippen LogP contribution in [0.5, 0.6) is 0 Å². The molecule has 1 heterocycles.